The smallest absolute Gasteiger partial charge is 0.193 e. The minimum Gasteiger partial charge on any atom is -0.493 e. The molecule has 210 valence electrons. The summed E-state index contributed by atoms with van der Waals surface area (Å²) in [6.07, 6.45) is 4.31. The van der Waals surface area contributed by atoms with Crippen LogP contribution in [0.1, 0.15) is 83.8 Å². The lowest BCUT2D eigenvalue weighted by molar-refractivity contribution is 0.103. The zero-order valence-corrected chi connectivity index (χ0v) is 24.9. The number of carbonyl (C=O) groups excluding carboxylic acids is 1. The van der Waals surface area contributed by atoms with Crippen molar-refractivity contribution in [3.8, 4) is 23.0 Å². The van der Waals surface area contributed by atoms with Gasteiger partial charge in [-0.2, -0.15) is 0 Å². The zero-order valence-electron chi connectivity index (χ0n) is 24.9. The van der Waals surface area contributed by atoms with E-state index in [0.29, 0.717) is 67.0 Å². The monoisotopic (exact) mass is 524 g/mol. The van der Waals surface area contributed by atoms with Gasteiger partial charge in [0.25, 0.3) is 0 Å². The predicted molar refractivity (Wildman–Crippen MR) is 157 cm³/mol. The van der Waals surface area contributed by atoms with Crippen molar-refractivity contribution in [1.82, 2.24) is 0 Å². The minimum absolute atomic E-state index is 0.200. The fraction of sp³-hybridized carbons (Fsp3) is 0.545. The molecular weight excluding hydrogens is 476 g/mol. The van der Waals surface area contributed by atoms with Crippen LogP contribution in [0.25, 0.3) is 6.08 Å². The molecule has 5 nitrogen and oxygen atoms in total. The first-order valence-corrected chi connectivity index (χ1v) is 14.0. The van der Waals surface area contributed by atoms with Gasteiger partial charge in [-0.05, 0) is 72.1 Å². The maximum Gasteiger partial charge on any atom is 0.193 e. The highest BCUT2D eigenvalue weighted by Gasteiger charge is 2.23. The molecule has 38 heavy (non-hydrogen) atoms. The summed E-state index contributed by atoms with van der Waals surface area (Å²) in [6, 6.07) is 9.79. The Balaban J connectivity index is 2.56. The third-order valence-electron chi connectivity index (χ3n) is 5.50. The fourth-order valence-electron chi connectivity index (χ4n) is 3.50. The quantitative estimate of drug-likeness (QED) is 0.163. The van der Waals surface area contributed by atoms with Crippen LogP contribution < -0.4 is 18.9 Å². The van der Waals surface area contributed by atoms with Gasteiger partial charge in [-0.1, -0.05) is 68.4 Å². The Labute approximate surface area is 230 Å². The van der Waals surface area contributed by atoms with Crippen LogP contribution in [0.5, 0.6) is 23.0 Å². The van der Waals surface area contributed by atoms with Crippen LogP contribution in [0.2, 0.25) is 0 Å². The molecule has 0 aliphatic rings. The fourth-order valence-corrected chi connectivity index (χ4v) is 3.50. The van der Waals surface area contributed by atoms with Gasteiger partial charge in [0.15, 0.2) is 17.3 Å². The second-order valence-electron chi connectivity index (χ2n) is 11.5. The van der Waals surface area contributed by atoms with Crippen LogP contribution in [0, 0.1) is 23.7 Å². The van der Waals surface area contributed by atoms with Gasteiger partial charge in [-0.25, -0.2) is 0 Å². The van der Waals surface area contributed by atoms with Gasteiger partial charge in [0.2, 0.25) is 0 Å². The molecule has 0 N–H and O–H groups in total. The van der Waals surface area contributed by atoms with Crippen LogP contribution in [0.15, 0.2) is 36.4 Å². The summed E-state index contributed by atoms with van der Waals surface area (Å²) in [5, 5.41) is 0. The molecule has 2 aromatic carbocycles. The van der Waals surface area contributed by atoms with Gasteiger partial charge in [-0.3, -0.25) is 4.79 Å². The van der Waals surface area contributed by atoms with Crippen molar-refractivity contribution in [2.45, 2.75) is 68.7 Å². The molecule has 0 saturated carbocycles. The Morgan fingerprint density at radius 1 is 0.684 bits per heavy atom. The number of carbonyl (C=O) groups is 1. The molecule has 2 rings (SSSR count). The largest absolute Gasteiger partial charge is 0.493 e. The number of benzene rings is 2. The van der Waals surface area contributed by atoms with Crippen LogP contribution in [0.4, 0.5) is 0 Å². The molecule has 2 aromatic rings. The van der Waals surface area contributed by atoms with Crippen molar-refractivity contribution in [3.63, 3.8) is 0 Å². The Hall–Kier alpha value is -2.95. The van der Waals surface area contributed by atoms with Crippen molar-refractivity contribution in [3.05, 3.63) is 53.1 Å². The topological polar surface area (TPSA) is 54.0 Å². The van der Waals surface area contributed by atoms with Gasteiger partial charge >= 0.3 is 0 Å². The Morgan fingerprint density at radius 2 is 1.16 bits per heavy atom. The molecule has 0 bridgehead atoms. The average Bonchev–Trinajstić information content (AvgIpc) is 2.86. The summed E-state index contributed by atoms with van der Waals surface area (Å²) in [5.74, 6) is 3.38. The molecule has 0 saturated heterocycles. The van der Waals surface area contributed by atoms with E-state index in [1.54, 1.807) is 6.08 Å². The van der Waals surface area contributed by atoms with Crippen molar-refractivity contribution < 1.29 is 23.7 Å². The van der Waals surface area contributed by atoms with Crippen LogP contribution in [0.3, 0.4) is 0 Å². The van der Waals surface area contributed by atoms with Crippen molar-refractivity contribution in [1.29, 1.82) is 0 Å². The summed E-state index contributed by atoms with van der Waals surface area (Å²) in [5.41, 5.74) is 2.44. The summed E-state index contributed by atoms with van der Waals surface area (Å²) in [6.45, 7) is 20.9. The summed E-state index contributed by atoms with van der Waals surface area (Å²) < 4.78 is 24.5. The van der Waals surface area contributed by atoms with E-state index in [1.807, 2.05) is 24.3 Å². The summed E-state index contributed by atoms with van der Waals surface area (Å²) >= 11 is 0. The van der Waals surface area contributed by atoms with E-state index in [4.69, 9.17) is 18.9 Å². The Bertz CT molecular complexity index is 1050. The molecule has 0 aliphatic carbocycles. The van der Waals surface area contributed by atoms with Gasteiger partial charge in [0, 0.05) is 5.56 Å². The van der Waals surface area contributed by atoms with Gasteiger partial charge in [-0.15, -0.1) is 0 Å². The molecule has 0 unspecified atom stereocenters. The van der Waals surface area contributed by atoms with E-state index in [-0.39, 0.29) is 11.7 Å². The molecule has 0 heterocycles. The van der Waals surface area contributed by atoms with Gasteiger partial charge < -0.3 is 18.9 Å². The third-order valence-corrected chi connectivity index (χ3v) is 5.50. The molecule has 0 aliphatic heterocycles. The molecule has 0 spiro atoms. The Morgan fingerprint density at radius 3 is 1.71 bits per heavy atom. The normalized spacial score (nSPS) is 11.7. The highest BCUT2D eigenvalue weighted by Crippen LogP contribution is 2.39. The maximum atomic E-state index is 13.8. The SMILES string of the molecule is CCc1ccc(OCC(C)C)c(C=CC(=O)c2c(OCC(C)C)ccc(OCC(C)C)c2OCC(C)C)c1. The number of rotatable bonds is 16. The minimum atomic E-state index is -0.200. The van der Waals surface area contributed by atoms with Crippen LogP contribution >= 0.6 is 0 Å². The van der Waals surface area contributed by atoms with E-state index < -0.39 is 0 Å². The molecule has 0 amide bonds. The summed E-state index contributed by atoms with van der Waals surface area (Å²) in [7, 11) is 0. The lowest BCUT2D eigenvalue weighted by atomic mass is 10.0. The maximum absolute atomic E-state index is 13.8. The molecule has 0 aromatic heterocycles. The number of hydrogen-bond acceptors (Lipinski definition) is 5. The standard InChI is InChI=1S/C33H48O5/c1-10-26-11-14-29(35-18-22(2)3)27(17-26)12-13-28(34)32-30(36-19-23(4)5)15-16-31(37-20-24(6)7)33(32)38-21-25(8)9/h11-17,22-25H,10,18-21H2,1-9H3. The average molecular weight is 525 g/mol. The van der Waals surface area contributed by atoms with Gasteiger partial charge in [0.1, 0.15) is 17.1 Å². The second-order valence-corrected chi connectivity index (χ2v) is 11.5. The Kier molecular flexibility index (Phi) is 12.7. The first-order valence-electron chi connectivity index (χ1n) is 14.0. The molecular formula is C33H48O5. The van der Waals surface area contributed by atoms with Crippen LogP contribution in [-0.2, 0) is 6.42 Å². The van der Waals surface area contributed by atoms with Gasteiger partial charge in [0.05, 0.1) is 26.4 Å². The van der Waals surface area contributed by atoms with E-state index >= 15 is 0 Å². The molecule has 0 fully saturated rings. The first kappa shape index (κ1) is 31.3. The van der Waals surface area contributed by atoms with E-state index in [9.17, 15) is 4.79 Å². The number of aryl methyl sites for hydroxylation is 1. The number of ketones is 1. The molecule has 0 atom stereocenters. The molecule has 5 heteroatoms. The second kappa shape index (κ2) is 15.5. The number of allylic oxidation sites excluding steroid dienone is 1. The third kappa shape index (κ3) is 10.1. The van der Waals surface area contributed by atoms with E-state index in [2.05, 4.69) is 74.4 Å². The van der Waals surface area contributed by atoms with Crippen molar-refractivity contribution >= 4 is 11.9 Å². The van der Waals surface area contributed by atoms with E-state index in [0.717, 1.165) is 17.7 Å². The predicted octanol–water partition coefficient (Wildman–Crippen LogP) is 8.28. The number of hydrogen-bond donors (Lipinski definition) is 0. The zero-order chi connectivity index (χ0) is 28.2. The molecule has 0 radical (unpaired) electrons. The van der Waals surface area contributed by atoms with Crippen LogP contribution in [-0.4, -0.2) is 32.2 Å². The summed E-state index contributed by atoms with van der Waals surface area (Å²) in [4.78, 5) is 13.8. The first-order chi connectivity index (χ1) is 18.0. The van der Waals surface area contributed by atoms with Crippen molar-refractivity contribution in [2.24, 2.45) is 23.7 Å². The highest BCUT2D eigenvalue weighted by atomic mass is 16.5. The lowest BCUT2D eigenvalue weighted by Gasteiger charge is -2.20. The van der Waals surface area contributed by atoms with E-state index in [1.165, 1.54) is 5.56 Å². The highest BCUT2D eigenvalue weighted by molar-refractivity contribution is 6.11. The lowest BCUT2D eigenvalue weighted by Crippen LogP contribution is -2.14. The number of ether oxygens (including phenoxy) is 4. The van der Waals surface area contributed by atoms with Crippen molar-refractivity contribution in [2.75, 3.05) is 26.4 Å².